The smallest absolute Gasteiger partial charge is 0.123 e. The topological polar surface area (TPSA) is 38.0 Å². The van der Waals surface area contributed by atoms with Crippen molar-refractivity contribution in [1.29, 1.82) is 0 Å². The molecule has 21 heavy (non-hydrogen) atoms. The second kappa shape index (κ2) is 5.21. The van der Waals surface area contributed by atoms with Gasteiger partial charge in [-0.05, 0) is 39.7 Å². The van der Waals surface area contributed by atoms with Gasteiger partial charge < -0.3 is 9.67 Å². The second-order valence-corrected chi connectivity index (χ2v) is 7.77. The molecule has 1 aromatic carbocycles. The molecule has 0 radical (unpaired) electrons. The molecule has 0 aliphatic rings. The molecule has 0 aliphatic carbocycles. The van der Waals surface area contributed by atoms with Crippen LogP contribution >= 0.6 is 0 Å². The van der Waals surface area contributed by atoms with Crippen LogP contribution in [0.4, 0.5) is 0 Å². The molecule has 1 aromatic heterocycles. The Bertz CT molecular complexity index is 579. The first-order chi connectivity index (χ1) is 9.59. The van der Waals surface area contributed by atoms with Crippen molar-refractivity contribution >= 4 is 0 Å². The summed E-state index contributed by atoms with van der Waals surface area (Å²) in [5, 5.41) is 10.7. The molecule has 0 amide bonds. The number of hydrogen-bond acceptors (Lipinski definition) is 2. The third-order valence-corrected chi connectivity index (χ3v) is 3.71. The molecular formula is C18H26N2O. The number of aromatic hydroxyl groups is 1. The van der Waals surface area contributed by atoms with E-state index in [-0.39, 0.29) is 10.8 Å². The maximum Gasteiger partial charge on any atom is 0.123 e. The molecule has 0 saturated heterocycles. The molecule has 114 valence electrons. The standard InChI is InChI=1S/C18H26N2O/c1-17(2,3)14-9-13(11-20-8-7-19-12-20)10-15(16(14)21)18(4,5)6/h7-10,12,21H,11H2,1-6H3. The van der Waals surface area contributed by atoms with Gasteiger partial charge in [0.1, 0.15) is 5.75 Å². The van der Waals surface area contributed by atoms with Crippen molar-refractivity contribution in [2.24, 2.45) is 0 Å². The maximum absolute atomic E-state index is 10.7. The number of aromatic nitrogens is 2. The average Bonchev–Trinajstić information content (AvgIpc) is 2.81. The first kappa shape index (κ1) is 15.6. The van der Waals surface area contributed by atoms with E-state index in [1.165, 1.54) is 5.56 Å². The van der Waals surface area contributed by atoms with Gasteiger partial charge in [0.15, 0.2) is 0 Å². The number of hydrogen-bond donors (Lipinski definition) is 1. The van der Waals surface area contributed by atoms with Crippen LogP contribution in [0.15, 0.2) is 30.9 Å². The highest BCUT2D eigenvalue weighted by Gasteiger charge is 2.26. The molecule has 2 rings (SSSR count). The Morgan fingerprint density at radius 1 is 1.00 bits per heavy atom. The van der Waals surface area contributed by atoms with E-state index >= 15 is 0 Å². The summed E-state index contributed by atoms with van der Waals surface area (Å²) >= 11 is 0. The van der Waals surface area contributed by atoms with Crippen LogP contribution in [0.25, 0.3) is 0 Å². The Morgan fingerprint density at radius 2 is 1.52 bits per heavy atom. The van der Waals surface area contributed by atoms with Crippen LogP contribution < -0.4 is 0 Å². The minimum Gasteiger partial charge on any atom is -0.507 e. The van der Waals surface area contributed by atoms with Crippen molar-refractivity contribution < 1.29 is 5.11 Å². The number of phenols is 1. The van der Waals surface area contributed by atoms with E-state index in [1.54, 1.807) is 6.20 Å². The lowest BCUT2D eigenvalue weighted by Gasteiger charge is -2.28. The van der Waals surface area contributed by atoms with Crippen molar-refractivity contribution in [3.05, 3.63) is 47.5 Å². The van der Waals surface area contributed by atoms with Gasteiger partial charge in [-0.1, -0.05) is 41.5 Å². The second-order valence-electron chi connectivity index (χ2n) is 7.77. The molecule has 0 saturated carbocycles. The van der Waals surface area contributed by atoms with Gasteiger partial charge in [-0.3, -0.25) is 0 Å². The number of rotatable bonds is 2. The Kier molecular flexibility index (Phi) is 3.87. The van der Waals surface area contributed by atoms with Crippen LogP contribution in [-0.4, -0.2) is 14.7 Å². The van der Waals surface area contributed by atoms with E-state index in [1.807, 2.05) is 17.1 Å². The zero-order chi connectivity index (χ0) is 15.8. The Hall–Kier alpha value is -1.77. The minimum atomic E-state index is -0.0883. The van der Waals surface area contributed by atoms with E-state index in [0.717, 1.165) is 17.7 Å². The minimum absolute atomic E-state index is 0.0883. The van der Waals surface area contributed by atoms with E-state index in [9.17, 15) is 5.11 Å². The molecule has 0 fully saturated rings. The lowest BCUT2D eigenvalue weighted by molar-refractivity contribution is 0.422. The van der Waals surface area contributed by atoms with Gasteiger partial charge in [-0.25, -0.2) is 4.98 Å². The molecular weight excluding hydrogens is 260 g/mol. The van der Waals surface area contributed by atoms with Gasteiger partial charge in [0.2, 0.25) is 0 Å². The third-order valence-electron chi connectivity index (χ3n) is 3.71. The molecule has 2 aromatic rings. The SMILES string of the molecule is CC(C)(C)c1cc(Cn2ccnc2)cc(C(C)(C)C)c1O. The Morgan fingerprint density at radius 3 is 1.90 bits per heavy atom. The highest BCUT2D eigenvalue weighted by molar-refractivity contribution is 5.49. The third kappa shape index (κ3) is 3.46. The van der Waals surface area contributed by atoms with Crippen molar-refractivity contribution in [1.82, 2.24) is 9.55 Å². The quantitative estimate of drug-likeness (QED) is 0.897. The van der Waals surface area contributed by atoms with Crippen LogP contribution in [0.5, 0.6) is 5.75 Å². The first-order valence-corrected chi connectivity index (χ1v) is 7.41. The predicted molar refractivity (Wildman–Crippen MR) is 86.8 cm³/mol. The summed E-state index contributed by atoms with van der Waals surface area (Å²) in [6.07, 6.45) is 5.57. The molecule has 0 aliphatic heterocycles. The first-order valence-electron chi connectivity index (χ1n) is 7.41. The van der Waals surface area contributed by atoms with Crippen molar-refractivity contribution in [3.8, 4) is 5.75 Å². The summed E-state index contributed by atoms with van der Waals surface area (Å²) in [5.41, 5.74) is 3.03. The molecule has 1 heterocycles. The normalized spacial score (nSPS) is 12.7. The summed E-state index contributed by atoms with van der Waals surface area (Å²) in [6, 6.07) is 4.23. The van der Waals surface area contributed by atoms with Crippen LogP contribution in [0.3, 0.4) is 0 Å². The predicted octanol–water partition coefficient (Wildman–Crippen LogP) is 4.23. The number of nitrogens with zero attached hydrogens (tertiary/aromatic N) is 2. The molecule has 1 N–H and O–H groups in total. The number of phenolic OH excluding ortho intramolecular Hbond substituents is 1. The monoisotopic (exact) mass is 286 g/mol. The van der Waals surface area contributed by atoms with Crippen LogP contribution in [-0.2, 0) is 17.4 Å². The van der Waals surface area contributed by atoms with Gasteiger partial charge in [0, 0.05) is 18.9 Å². The molecule has 0 atom stereocenters. The summed E-state index contributed by atoms with van der Waals surface area (Å²) < 4.78 is 2.05. The van der Waals surface area contributed by atoms with E-state index in [4.69, 9.17) is 0 Å². The van der Waals surface area contributed by atoms with E-state index in [2.05, 4.69) is 58.7 Å². The average molecular weight is 286 g/mol. The number of benzene rings is 1. The van der Waals surface area contributed by atoms with Gasteiger partial charge in [-0.15, -0.1) is 0 Å². The molecule has 0 bridgehead atoms. The fourth-order valence-electron chi connectivity index (χ4n) is 2.52. The highest BCUT2D eigenvalue weighted by Crippen LogP contribution is 2.39. The summed E-state index contributed by atoms with van der Waals surface area (Å²) in [5.74, 6) is 0.435. The van der Waals surface area contributed by atoms with E-state index < -0.39 is 0 Å². The van der Waals surface area contributed by atoms with Crippen molar-refractivity contribution in [3.63, 3.8) is 0 Å². The van der Waals surface area contributed by atoms with Gasteiger partial charge in [0.25, 0.3) is 0 Å². The van der Waals surface area contributed by atoms with Crippen LogP contribution in [0, 0.1) is 0 Å². The van der Waals surface area contributed by atoms with E-state index in [0.29, 0.717) is 5.75 Å². The van der Waals surface area contributed by atoms with Gasteiger partial charge >= 0.3 is 0 Å². The zero-order valence-electron chi connectivity index (χ0n) is 13.9. The molecule has 3 nitrogen and oxygen atoms in total. The zero-order valence-corrected chi connectivity index (χ0v) is 13.9. The fraction of sp³-hybridized carbons (Fsp3) is 0.500. The lowest BCUT2D eigenvalue weighted by Crippen LogP contribution is -2.18. The number of imidazole rings is 1. The van der Waals surface area contributed by atoms with Crippen molar-refractivity contribution in [2.75, 3.05) is 0 Å². The summed E-state index contributed by atoms with van der Waals surface area (Å²) in [7, 11) is 0. The molecule has 3 heteroatoms. The van der Waals surface area contributed by atoms with Gasteiger partial charge in [-0.2, -0.15) is 0 Å². The van der Waals surface area contributed by atoms with Gasteiger partial charge in [0.05, 0.1) is 6.33 Å². The fourth-order valence-corrected chi connectivity index (χ4v) is 2.52. The Balaban J connectivity index is 2.56. The molecule has 0 spiro atoms. The van der Waals surface area contributed by atoms with Crippen LogP contribution in [0.2, 0.25) is 0 Å². The maximum atomic E-state index is 10.7. The van der Waals surface area contributed by atoms with Crippen LogP contribution in [0.1, 0.15) is 58.2 Å². The largest absolute Gasteiger partial charge is 0.507 e. The highest BCUT2D eigenvalue weighted by atomic mass is 16.3. The molecule has 0 unspecified atom stereocenters. The Labute approximate surface area is 127 Å². The summed E-state index contributed by atoms with van der Waals surface area (Å²) in [6.45, 7) is 13.6. The lowest BCUT2D eigenvalue weighted by atomic mass is 9.78. The van der Waals surface area contributed by atoms with Crippen molar-refractivity contribution in [2.45, 2.75) is 58.9 Å². The summed E-state index contributed by atoms with van der Waals surface area (Å²) in [4.78, 5) is 4.09.